The van der Waals surface area contributed by atoms with Gasteiger partial charge >= 0.3 is 5.91 Å². The third kappa shape index (κ3) is 3.49. The predicted octanol–water partition coefficient (Wildman–Crippen LogP) is 1.62. The summed E-state index contributed by atoms with van der Waals surface area (Å²) in [7, 11) is -2.47. The maximum atomic E-state index is 12.2. The number of methoxy groups -OCH3 is 1. The Kier molecular flexibility index (Phi) is 4.45. The molecule has 0 spiro atoms. The summed E-state index contributed by atoms with van der Waals surface area (Å²) in [6.07, 6.45) is 0. The molecule has 0 saturated carbocycles. The number of aryl methyl sites for hydroxylation is 2. The highest BCUT2D eigenvalue weighted by Gasteiger charge is 2.25. The van der Waals surface area contributed by atoms with Crippen LogP contribution < -0.4 is 4.72 Å². The van der Waals surface area contributed by atoms with Crippen molar-refractivity contribution in [2.24, 2.45) is 0 Å². The summed E-state index contributed by atoms with van der Waals surface area (Å²) in [5.41, 5.74) is 0.359. The molecule has 1 N–H and O–H groups in total. The van der Waals surface area contributed by atoms with E-state index in [-0.39, 0.29) is 16.6 Å². The lowest BCUT2D eigenvalue weighted by atomic mass is 10.4. The van der Waals surface area contributed by atoms with Crippen LogP contribution in [0.25, 0.3) is 0 Å². The molecule has 0 atom stereocenters. The smallest absolute Gasteiger partial charge is 0.300 e. The zero-order chi connectivity index (χ0) is 15.6. The Bertz CT molecular complexity index is 760. The van der Waals surface area contributed by atoms with Gasteiger partial charge in [-0.3, -0.25) is 4.79 Å². The monoisotopic (exact) mass is 330 g/mol. The Balaban J connectivity index is 2.19. The summed E-state index contributed by atoms with van der Waals surface area (Å²) in [5.74, 6) is -0.489. The topological polar surface area (TPSA) is 98.5 Å². The van der Waals surface area contributed by atoms with Crippen molar-refractivity contribution in [1.29, 1.82) is 0 Å². The SMILES string of the molecule is COCc1ccc(C(=O)NS(=O)(=O)c2sc(C)nc2C)o1. The fraction of sp³-hybridized carbons (Fsp3) is 0.333. The molecule has 0 radical (unpaired) electrons. The van der Waals surface area contributed by atoms with Gasteiger partial charge in [-0.05, 0) is 26.0 Å². The minimum absolute atomic E-state index is 0.0250. The lowest BCUT2D eigenvalue weighted by molar-refractivity contribution is 0.0945. The quantitative estimate of drug-likeness (QED) is 0.894. The number of carbonyl (C=O) groups excluding carboxylic acids is 1. The highest BCUT2D eigenvalue weighted by atomic mass is 32.2. The van der Waals surface area contributed by atoms with Crippen molar-refractivity contribution < 1.29 is 22.4 Å². The van der Waals surface area contributed by atoms with Crippen molar-refractivity contribution in [2.75, 3.05) is 7.11 Å². The second kappa shape index (κ2) is 5.96. The number of amides is 1. The van der Waals surface area contributed by atoms with Crippen molar-refractivity contribution in [2.45, 2.75) is 24.7 Å². The van der Waals surface area contributed by atoms with E-state index in [0.29, 0.717) is 16.5 Å². The number of nitrogens with one attached hydrogen (secondary N) is 1. The molecule has 2 aromatic rings. The van der Waals surface area contributed by atoms with E-state index in [4.69, 9.17) is 9.15 Å². The van der Waals surface area contributed by atoms with Crippen LogP contribution in [-0.4, -0.2) is 26.4 Å². The van der Waals surface area contributed by atoms with Crippen LogP contribution in [0, 0.1) is 13.8 Å². The molecule has 21 heavy (non-hydrogen) atoms. The number of rotatable bonds is 5. The average molecular weight is 330 g/mol. The highest BCUT2D eigenvalue weighted by Crippen LogP contribution is 2.22. The number of ether oxygens (including phenoxy) is 1. The van der Waals surface area contributed by atoms with Gasteiger partial charge in [0.05, 0.1) is 10.7 Å². The summed E-state index contributed by atoms with van der Waals surface area (Å²) in [4.78, 5) is 16.0. The van der Waals surface area contributed by atoms with Gasteiger partial charge in [-0.1, -0.05) is 0 Å². The molecule has 0 aliphatic carbocycles. The summed E-state index contributed by atoms with van der Waals surface area (Å²) < 4.78 is 36.4. The maximum absolute atomic E-state index is 12.2. The van der Waals surface area contributed by atoms with Crippen LogP contribution in [0.2, 0.25) is 0 Å². The lowest BCUT2D eigenvalue weighted by Crippen LogP contribution is -2.30. The minimum Gasteiger partial charge on any atom is -0.453 e. The number of hydrogen-bond donors (Lipinski definition) is 1. The van der Waals surface area contributed by atoms with Gasteiger partial charge in [0.15, 0.2) is 9.97 Å². The summed E-state index contributed by atoms with van der Waals surface area (Å²) >= 11 is 1.01. The summed E-state index contributed by atoms with van der Waals surface area (Å²) in [5, 5.41) is 0.612. The van der Waals surface area contributed by atoms with Gasteiger partial charge in [-0.2, -0.15) is 0 Å². The number of sulfonamides is 1. The molecule has 0 aliphatic rings. The molecular weight excluding hydrogens is 316 g/mol. The highest BCUT2D eigenvalue weighted by molar-refractivity contribution is 7.92. The van der Waals surface area contributed by atoms with E-state index in [9.17, 15) is 13.2 Å². The first-order chi connectivity index (χ1) is 9.83. The van der Waals surface area contributed by atoms with Crippen LogP contribution in [0.15, 0.2) is 20.8 Å². The van der Waals surface area contributed by atoms with Crippen molar-refractivity contribution in [3.05, 3.63) is 34.4 Å². The third-order valence-electron chi connectivity index (χ3n) is 2.50. The minimum atomic E-state index is -3.96. The van der Waals surface area contributed by atoms with E-state index < -0.39 is 15.9 Å². The summed E-state index contributed by atoms with van der Waals surface area (Å²) in [6.45, 7) is 3.47. The lowest BCUT2D eigenvalue weighted by Gasteiger charge is -2.03. The molecular formula is C12H14N2O5S2. The fourth-order valence-corrected chi connectivity index (χ4v) is 4.14. The fourth-order valence-electron chi connectivity index (χ4n) is 1.70. The first-order valence-corrected chi connectivity index (χ1v) is 8.22. The maximum Gasteiger partial charge on any atom is 0.300 e. The zero-order valence-corrected chi connectivity index (χ0v) is 13.3. The van der Waals surface area contributed by atoms with E-state index in [1.165, 1.54) is 13.2 Å². The molecule has 0 aromatic carbocycles. The van der Waals surface area contributed by atoms with Gasteiger partial charge in [-0.15, -0.1) is 11.3 Å². The predicted molar refractivity (Wildman–Crippen MR) is 75.7 cm³/mol. The molecule has 2 heterocycles. The van der Waals surface area contributed by atoms with Crippen molar-refractivity contribution in [3.8, 4) is 0 Å². The Hall–Kier alpha value is -1.71. The largest absolute Gasteiger partial charge is 0.453 e. The van der Waals surface area contributed by atoms with Crippen LogP contribution in [-0.2, 0) is 21.4 Å². The van der Waals surface area contributed by atoms with Crippen LogP contribution >= 0.6 is 11.3 Å². The summed E-state index contributed by atoms with van der Waals surface area (Å²) in [6, 6.07) is 2.94. The van der Waals surface area contributed by atoms with E-state index in [0.717, 1.165) is 11.3 Å². The van der Waals surface area contributed by atoms with Gasteiger partial charge in [0.25, 0.3) is 10.0 Å². The van der Waals surface area contributed by atoms with Gasteiger partial charge in [0, 0.05) is 7.11 Å². The molecule has 114 valence electrons. The van der Waals surface area contributed by atoms with E-state index in [2.05, 4.69) is 4.98 Å². The second-order valence-electron chi connectivity index (χ2n) is 4.24. The molecule has 0 fully saturated rings. The van der Waals surface area contributed by atoms with Crippen LogP contribution in [0.1, 0.15) is 27.0 Å². The van der Waals surface area contributed by atoms with Gasteiger partial charge in [0.1, 0.15) is 12.4 Å². The van der Waals surface area contributed by atoms with Gasteiger partial charge < -0.3 is 9.15 Å². The number of carbonyl (C=O) groups is 1. The van der Waals surface area contributed by atoms with E-state index in [1.54, 1.807) is 19.9 Å². The van der Waals surface area contributed by atoms with Crippen LogP contribution in [0.4, 0.5) is 0 Å². The normalized spacial score (nSPS) is 11.6. The number of aromatic nitrogens is 1. The van der Waals surface area contributed by atoms with Gasteiger partial charge in [0.2, 0.25) is 0 Å². The molecule has 0 unspecified atom stereocenters. The Morgan fingerprint density at radius 3 is 2.71 bits per heavy atom. The van der Waals surface area contributed by atoms with Gasteiger partial charge in [-0.25, -0.2) is 18.1 Å². The van der Waals surface area contributed by atoms with Crippen LogP contribution in [0.3, 0.4) is 0 Å². The third-order valence-corrected chi connectivity index (χ3v) is 5.52. The molecule has 0 saturated heterocycles. The first-order valence-electron chi connectivity index (χ1n) is 5.92. The van der Waals surface area contributed by atoms with E-state index in [1.807, 2.05) is 4.72 Å². The average Bonchev–Trinajstić information content (AvgIpc) is 2.96. The molecule has 2 rings (SSSR count). The van der Waals surface area contributed by atoms with Crippen molar-refractivity contribution >= 4 is 27.3 Å². The standard InChI is InChI=1S/C12H14N2O5S2/c1-7-12(20-8(2)13-7)21(16,17)14-11(15)10-5-4-9(19-10)6-18-3/h4-5H,6H2,1-3H3,(H,14,15). The van der Waals surface area contributed by atoms with E-state index >= 15 is 0 Å². The molecule has 1 amide bonds. The van der Waals surface area contributed by atoms with Crippen molar-refractivity contribution in [3.63, 3.8) is 0 Å². The second-order valence-corrected chi connectivity index (χ2v) is 7.32. The molecule has 0 aliphatic heterocycles. The molecule has 9 heteroatoms. The number of hydrogen-bond acceptors (Lipinski definition) is 7. The number of furan rings is 1. The zero-order valence-electron chi connectivity index (χ0n) is 11.7. The van der Waals surface area contributed by atoms with Crippen molar-refractivity contribution in [1.82, 2.24) is 9.71 Å². The number of nitrogens with zero attached hydrogens (tertiary/aromatic N) is 1. The Labute approximate surface area is 126 Å². The molecule has 7 nitrogen and oxygen atoms in total. The molecule has 0 bridgehead atoms. The molecule has 2 aromatic heterocycles. The first kappa shape index (κ1) is 15.7. The Morgan fingerprint density at radius 2 is 2.14 bits per heavy atom. The Morgan fingerprint density at radius 1 is 1.43 bits per heavy atom. The number of thiazole rings is 1. The van der Waals surface area contributed by atoms with Crippen LogP contribution in [0.5, 0.6) is 0 Å².